The average Bonchev–Trinajstić information content (AvgIpc) is 2.48. The van der Waals surface area contributed by atoms with Crippen molar-refractivity contribution in [2.45, 2.75) is 6.43 Å². The topological polar surface area (TPSA) is 18.5 Å². The Morgan fingerprint density at radius 2 is 1.85 bits per heavy atom. The molecule has 5 heteroatoms. The van der Waals surface area contributed by atoms with Crippen molar-refractivity contribution < 1.29 is 18.3 Å². The molecule has 0 aliphatic carbocycles. The summed E-state index contributed by atoms with van der Waals surface area (Å²) in [5, 5.41) is 0. The van der Waals surface area contributed by atoms with Gasteiger partial charge in [-0.3, -0.25) is 0 Å². The first-order valence-electron chi connectivity index (χ1n) is 3.55. The Balaban J connectivity index is 2.49. The second kappa shape index (κ2) is 3.14. The van der Waals surface area contributed by atoms with Crippen molar-refractivity contribution in [2.75, 3.05) is 6.79 Å². The number of alkyl halides is 2. The van der Waals surface area contributed by atoms with Gasteiger partial charge in [0.1, 0.15) is 0 Å². The van der Waals surface area contributed by atoms with Crippen molar-refractivity contribution >= 4 is 15.9 Å². The first-order chi connectivity index (χ1) is 6.18. The molecule has 0 saturated heterocycles. The van der Waals surface area contributed by atoms with E-state index in [0.29, 0.717) is 16.0 Å². The van der Waals surface area contributed by atoms with Crippen LogP contribution in [0.15, 0.2) is 16.6 Å². The number of fused-ring (bicyclic) bond motifs is 1. The smallest absolute Gasteiger partial charge is 0.265 e. The number of rotatable bonds is 1. The van der Waals surface area contributed by atoms with Crippen molar-refractivity contribution in [1.29, 1.82) is 0 Å². The first kappa shape index (κ1) is 8.74. The minimum Gasteiger partial charge on any atom is -0.454 e. The van der Waals surface area contributed by atoms with E-state index in [1.165, 1.54) is 12.1 Å². The lowest BCUT2D eigenvalue weighted by Gasteiger charge is -2.04. The van der Waals surface area contributed by atoms with Crippen LogP contribution in [0.5, 0.6) is 11.5 Å². The molecule has 2 nitrogen and oxygen atoms in total. The number of benzene rings is 1. The van der Waals surface area contributed by atoms with Crippen LogP contribution in [-0.4, -0.2) is 6.79 Å². The molecule has 0 unspecified atom stereocenters. The minimum atomic E-state index is -2.51. The third-order valence-corrected chi connectivity index (χ3v) is 2.41. The van der Waals surface area contributed by atoms with Gasteiger partial charge in [0.15, 0.2) is 11.5 Å². The molecular weight excluding hydrogens is 246 g/mol. The summed E-state index contributed by atoms with van der Waals surface area (Å²) in [7, 11) is 0. The maximum absolute atomic E-state index is 12.4. The Morgan fingerprint density at radius 1 is 1.23 bits per heavy atom. The molecule has 2 rings (SSSR count). The predicted molar refractivity (Wildman–Crippen MR) is 45.2 cm³/mol. The van der Waals surface area contributed by atoms with E-state index >= 15 is 0 Å². The maximum Gasteiger partial charge on any atom is 0.265 e. The quantitative estimate of drug-likeness (QED) is 0.763. The largest absolute Gasteiger partial charge is 0.454 e. The molecule has 0 atom stereocenters. The Morgan fingerprint density at radius 3 is 2.46 bits per heavy atom. The van der Waals surface area contributed by atoms with E-state index in [0.717, 1.165) is 0 Å². The van der Waals surface area contributed by atoms with Crippen LogP contribution >= 0.6 is 15.9 Å². The molecule has 0 radical (unpaired) electrons. The van der Waals surface area contributed by atoms with E-state index in [1.807, 2.05) is 0 Å². The van der Waals surface area contributed by atoms with Gasteiger partial charge in [-0.25, -0.2) is 8.78 Å². The maximum atomic E-state index is 12.4. The molecule has 70 valence electrons. The van der Waals surface area contributed by atoms with Crippen molar-refractivity contribution in [3.63, 3.8) is 0 Å². The number of halogens is 3. The molecule has 13 heavy (non-hydrogen) atoms. The van der Waals surface area contributed by atoms with E-state index in [4.69, 9.17) is 9.47 Å². The van der Waals surface area contributed by atoms with Gasteiger partial charge in [0.25, 0.3) is 6.43 Å². The summed E-state index contributed by atoms with van der Waals surface area (Å²) in [4.78, 5) is 0. The minimum absolute atomic E-state index is 0.0794. The zero-order valence-corrected chi connectivity index (χ0v) is 7.98. The van der Waals surface area contributed by atoms with Crippen LogP contribution in [0.2, 0.25) is 0 Å². The zero-order valence-electron chi connectivity index (χ0n) is 6.39. The molecule has 0 aromatic heterocycles. The van der Waals surface area contributed by atoms with Crippen molar-refractivity contribution in [3.05, 3.63) is 22.2 Å². The molecule has 0 spiro atoms. The summed E-state index contributed by atoms with van der Waals surface area (Å²) in [6, 6.07) is 2.78. The van der Waals surface area contributed by atoms with Crippen LogP contribution < -0.4 is 9.47 Å². The summed E-state index contributed by atoms with van der Waals surface area (Å²) in [6.45, 7) is 0.0917. The molecule has 0 fully saturated rings. The number of hydrogen-bond acceptors (Lipinski definition) is 2. The molecule has 0 bridgehead atoms. The van der Waals surface area contributed by atoms with Gasteiger partial charge in [0, 0.05) is 10.0 Å². The van der Waals surface area contributed by atoms with E-state index < -0.39 is 6.43 Å². The van der Waals surface area contributed by atoms with E-state index in [9.17, 15) is 8.78 Å². The average molecular weight is 251 g/mol. The fourth-order valence-electron chi connectivity index (χ4n) is 1.10. The van der Waals surface area contributed by atoms with Gasteiger partial charge in [-0.1, -0.05) is 15.9 Å². The third-order valence-electron chi connectivity index (χ3n) is 1.73. The van der Waals surface area contributed by atoms with Crippen LogP contribution in [0.3, 0.4) is 0 Å². The van der Waals surface area contributed by atoms with Crippen LogP contribution in [0.4, 0.5) is 8.78 Å². The fourth-order valence-corrected chi connectivity index (χ4v) is 1.60. The first-order valence-corrected chi connectivity index (χ1v) is 4.35. The van der Waals surface area contributed by atoms with Crippen molar-refractivity contribution in [1.82, 2.24) is 0 Å². The van der Waals surface area contributed by atoms with Gasteiger partial charge in [0.05, 0.1) is 0 Å². The Hall–Kier alpha value is -0.840. The van der Waals surface area contributed by atoms with Crippen LogP contribution in [0, 0.1) is 0 Å². The Kier molecular flexibility index (Phi) is 2.11. The molecule has 1 aromatic rings. The molecule has 1 aliphatic heterocycles. The summed E-state index contributed by atoms with van der Waals surface area (Å²) < 4.78 is 35.1. The monoisotopic (exact) mass is 250 g/mol. The highest BCUT2D eigenvalue weighted by Crippen LogP contribution is 2.40. The van der Waals surface area contributed by atoms with Gasteiger partial charge in [0.2, 0.25) is 6.79 Å². The summed E-state index contributed by atoms with van der Waals surface area (Å²) >= 11 is 3.03. The third kappa shape index (κ3) is 1.48. The molecule has 1 heterocycles. The van der Waals surface area contributed by atoms with E-state index in [2.05, 4.69) is 15.9 Å². The fraction of sp³-hybridized carbons (Fsp3) is 0.250. The molecular formula is C8H5BrF2O2. The molecule has 0 N–H and O–H groups in total. The lowest BCUT2D eigenvalue weighted by Crippen LogP contribution is -1.92. The van der Waals surface area contributed by atoms with Crippen molar-refractivity contribution in [2.24, 2.45) is 0 Å². The molecule has 0 saturated carbocycles. The summed E-state index contributed by atoms with van der Waals surface area (Å²) in [6.07, 6.45) is -2.51. The summed E-state index contributed by atoms with van der Waals surface area (Å²) in [5.41, 5.74) is -0.0794. The van der Waals surface area contributed by atoms with Crippen LogP contribution in [0.25, 0.3) is 0 Å². The zero-order chi connectivity index (χ0) is 9.42. The van der Waals surface area contributed by atoms with Crippen molar-refractivity contribution in [3.8, 4) is 11.5 Å². The molecule has 1 aromatic carbocycles. The highest BCUT2D eigenvalue weighted by molar-refractivity contribution is 9.10. The van der Waals surface area contributed by atoms with Crippen LogP contribution in [0.1, 0.15) is 12.0 Å². The number of hydrogen-bond donors (Lipinski definition) is 0. The Labute approximate surface area is 81.6 Å². The van der Waals surface area contributed by atoms with Crippen LogP contribution in [-0.2, 0) is 0 Å². The molecule has 0 amide bonds. The summed E-state index contributed by atoms with van der Waals surface area (Å²) in [5.74, 6) is 0.870. The molecule has 1 aliphatic rings. The lowest BCUT2D eigenvalue weighted by molar-refractivity contribution is 0.149. The van der Waals surface area contributed by atoms with Gasteiger partial charge >= 0.3 is 0 Å². The highest BCUT2D eigenvalue weighted by atomic mass is 79.9. The standard InChI is InChI=1S/C8H5BrF2O2/c9-5-2-7-6(12-3-13-7)1-4(5)8(10)11/h1-2,8H,3H2. The van der Waals surface area contributed by atoms with Gasteiger partial charge in [-0.2, -0.15) is 0 Å². The predicted octanol–water partition coefficient (Wildman–Crippen LogP) is 3.12. The Bertz CT molecular complexity index is 341. The highest BCUT2D eigenvalue weighted by Gasteiger charge is 2.20. The second-order valence-electron chi connectivity index (χ2n) is 2.53. The second-order valence-corrected chi connectivity index (χ2v) is 3.38. The van der Waals surface area contributed by atoms with E-state index in [-0.39, 0.29) is 12.4 Å². The number of ether oxygens (including phenoxy) is 2. The van der Waals surface area contributed by atoms with Gasteiger partial charge < -0.3 is 9.47 Å². The van der Waals surface area contributed by atoms with Gasteiger partial charge in [-0.05, 0) is 12.1 Å². The van der Waals surface area contributed by atoms with E-state index in [1.54, 1.807) is 0 Å². The SMILES string of the molecule is FC(F)c1cc2c(cc1Br)OCO2. The normalized spacial score (nSPS) is 13.8. The lowest BCUT2D eigenvalue weighted by atomic mass is 10.2. The van der Waals surface area contributed by atoms with Gasteiger partial charge in [-0.15, -0.1) is 0 Å².